The summed E-state index contributed by atoms with van der Waals surface area (Å²) in [6.45, 7) is 0.259. The number of nitrogens with zero attached hydrogens (tertiary/aromatic N) is 1. The second kappa shape index (κ2) is 7.93. The van der Waals surface area contributed by atoms with Gasteiger partial charge in [-0.3, -0.25) is 25.2 Å². The largest absolute Gasteiger partial charge is 0.311 e. The molecule has 0 saturated carbocycles. The number of halogens is 1. The number of hydrogen-bond donors (Lipinski definition) is 2. The van der Waals surface area contributed by atoms with Gasteiger partial charge in [0.1, 0.15) is 0 Å². The van der Waals surface area contributed by atoms with Gasteiger partial charge in [0.05, 0.1) is 11.6 Å². The van der Waals surface area contributed by atoms with E-state index in [1.807, 2.05) is 42.5 Å². The van der Waals surface area contributed by atoms with Gasteiger partial charge in [-0.25, -0.2) is 0 Å². The van der Waals surface area contributed by atoms with Crippen LogP contribution >= 0.6 is 11.6 Å². The van der Waals surface area contributed by atoms with Gasteiger partial charge in [0, 0.05) is 28.9 Å². The van der Waals surface area contributed by atoms with Gasteiger partial charge in [-0.05, 0) is 35.7 Å². The van der Waals surface area contributed by atoms with E-state index in [9.17, 15) is 14.4 Å². The Labute approximate surface area is 172 Å². The summed E-state index contributed by atoms with van der Waals surface area (Å²) >= 11 is 5.81. The standard InChI is InChI=1S/C22H18ClN3O3/c23-17-10-8-15(9-11-17)21(28)24-25-22(29)16-12-20(27)26(13-16)19-7-3-5-14-4-1-2-6-18(14)19/h1-11,16H,12-13H2,(H,24,28)(H,25,29). The van der Waals surface area contributed by atoms with E-state index in [4.69, 9.17) is 11.6 Å². The van der Waals surface area contributed by atoms with Crippen molar-refractivity contribution < 1.29 is 14.4 Å². The van der Waals surface area contributed by atoms with Crippen LogP contribution in [-0.4, -0.2) is 24.3 Å². The zero-order valence-corrected chi connectivity index (χ0v) is 16.1. The molecule has 0 aromatic heterocycles. The van der Waals surface area contributed by atoms with Crippen LogP contribution in [0.1, 0.15) is 16.8 Å². The van der Waals surface area contributed by atoms with Gasteiger partial charge in [0.25, 0.3) is 5.91 Å². The normalized spacial score (nSPS) is 16.1. The smallest absolute Gasteiger partial charge is 0.269 e. The molecule has 1 heterocycles. The first-order valence-electron chi connectivity index (χ1n) is 9.17. The van der Waals surface area contributed by atoms with E-state index in [2.05, 4.69) is 10.9 Å². The number of rotatable bonds is 3. The summed E-state index contributed by atoms with van der Waals surface area (Å²) in [5.74, 6) is -1.52. The molecule has 1 aliphatic rings. The summed E-state index contributed by atoms with van der Waals surface area (Å²) < 4.78 is 0. The number of hydrazine groups is 1. The zero-order chi connectivity index (χ0) is 20.4. The highest BCUT2D eigenvalue weighted by atomic mass is 35.5. The van der Waals surface area contributed by atoms with Crippen molar-refractivity contribution in [1.29, 1.82) is 0 Å². The molecule has 6 nitrogen and oxygen atoms in total. The fourth-order valence-corrected chi connectivity index (χ4v) is 3.58. The van der Waals surface area contributed by atoms with E-state index < -0.39 is 17.7 Å². The van der Waals surface area contributed by atoms with E-state index in [1.165, 1.54) is 0 Å². The summed E-state index contributed by atoms with van der Waals surface area (Å²) in [7, 11) is 0. The molecule has 1 fully saturated rings. The van der Waals surface area contributed by atoms with Crippen LogP contribution in [0.3, 0.4) is 0 Å². The number of carbonyl (C=O) groups is 3. The monoisotopic (exact) mass is 407 g/mol. The van der Waals surface area contributed by atoms with Crippen LogP contribution in [0.15, 0.2) is 66.7 Å². The quantitative estimate of drug-likeness (QED) is 0.654. The van der Waals surface area contributed by atoms with Gasteiger partial charge in [0.15, 0.2) is 0 Å². The third kappa shape index (κ3) is 3.93. The van der Waals surface area contributed by atoms with Gasteiger partial charge in [-0.15, -0.1) is 0 Å². The number of amides is 3. The molecule has 1 unspecified atom stereocenters. The van der Waals surface area contributed by atoms with Crippen molar-refractivity contribution in [3.05, 3.63) is 77.3 Å². The molecule has 146 valence electrons. The molecule has 0 aliphatic carbocycles. The molecule has 7 heteroatoms. The lowest BCUT2D eigenvalue weighted by Crippen LogP contribution is -2.45. The highest BCUT2D eigenvalue weighted by Gasteiger charge is 2.35. The predicted octanol–water partition coefficient (Wildman–Crippen LogP) is 3.31. The molecule has 3 aromatic rings. The molecule has 0 radical (unpaired) electrons. The third-order valence-electron chi connectivity index (χ3n) is 4.96. The van der Waals surface area contributed by atoms with Crippen molar-refractivity contribution in [3.8, 4) is 0 Å². The van der Waals surface area contributed by atoms with Crippen molar-refractivity contribution >= 4 is 45.8 Å². The highest BCUT2D eigenvalue weighted by Crippen LogP contribution is 2.31. The molecule has 2 N–H and O–H groups in total. The Morgan fingerprint density at radius 1 is 0.931 bits per heavy atom. The van der Waals surface area contributed by atoms with E-state index in [0.717, 1.165) is 16.5 Å². The first-order valence-corrected chi connectivity index (χ1v) is 9.54. The molecular weight excluding hydrogens is 390 g/mol. The number of benzene rings is 3. The first kappa shape index (κ1) is 19.0. The van der Waals surface area contributed by atoms with Crippen LogP contribution in [0.2, 0.25) is 5.02 Å². The topological polar surface area (TPSA) is 78.5 Å². The van der Waals surface area contributed by atoms with Crippen molar-refractivity contribution in [1.82, 2.24) is 10.9 Å². The van der Waals surface area contributed by atoms with Gasteiger partial charge in [0.2, 0.25) is 11.8 Å². The maximum Gasteiger partial charge on any atom is 0.269 e. The molecule has 3 amide bonds. The van der Waals surface area contributed by atoms with E-state index >= 15 is 0 Å². The van der Waals surface area contributed by atoms with Crippen LogP contribution in [0.4, 0.5) is 5.69 Å². The lowest BCUT2D eigenvalue weighted by Gasteiger charge is -2.19. The van der Waals surface area contributed by atoms with E-state index in [1.54, 1.807) is 29.2 Å². The Kier molecular flexibility index (Phi) is 5.18. The molecule has 1 atom stereocenters. The van der Waals surface area contributed by atoms with Crippen molar-refractivity contribution in [3.63, 3.8) is 0 Å². The minimum absolute atomic E-state index is 0.0892. The summed E-state index contributed by atoms with van der Waals surface area (Å²) in [6.07, 6.45) is 0.0892. The molecule has 1 saturated heterocycles. The molecule has 3 aromatic carbocycles. The molecule has 29 heavy (non-hydrogen) atoms. The number of hydrogen-bond acceptors (Lipinski definition) is 3. The van der Waals surface area contributed by atoms with Crippen LogP contribution in [0.25, 0.3) is 10.8 Å². The lowest BCUT2D eigenvalue weighted by molar-refractivity contribution is -0.126. The van der Waals surface area contributed by atoms with E-state index in [0.29, 0.717) is 10.6 Å². The summed E-state index contributed by atoms with van der Waals surface area (Å²) in [5.41, 5.74) is 5.96. The molecule has 0 bridgehead atoms. The lowest BCUT2D eigenvalue weighted by atomic mass is 10.1. The predicted molar refractivity (Wildman–Crippen MR) is 111 cm³/mol. The molecule has 1 aliphatic heterocycles. The number of anilines is 1. The Hall–Kier alpha value is -3.38. The Morgan fingerprint density at radius 2 is 1.66 bits per heavy atom. The van der Waals surface area contributed by atoms with Crippen LogP contribution in [0.5, 0.6) is 0 Å². The summed E-state index contributed by atoms with van der Waals surface area (Å²) in [4.78, 5) is 38.8. The first-order chi connectivity index (χ1) is 14.0. The van der Waals surface area contributed by atoms with Crippen LogP contribution < -0.4 is 15.8 Å². The molecular formula is C22H18ClN3O3. The van der Waals surface area contributed by atoms with Crippen molar-refractivity contribution in [2.45, 2.75) is 6.42 Å². The Balaban J connectivity index is 1.43. The van der Waals surface area contributed by atoms with Gasteiger partial charge < -0.3 is 4.90 Å². The van der Waals surface area contributed by atoms with Crippen LogP contribution in [0, 0.1) is 5.92 Å². The SMILES string of the molecule is O=C(NNC(=O)C1CC(=O)N(c2cccc3ccccc23)C1)c1ccc(Cl)cc1. The highest BCUT2D eigenvalue weighted by molar-refractivity contribution is 6.30. The second-order valence-corrected chi connectivity index (χ2v) is 7.29. The Bertz CT molecular complexity index is 1090. The van der Waals surface area contributed by atoms with Crippen LogP contribution in [-0.2, 0) is 9.59 Å². The van der Waals surface area contributed by atoms with Gasteiger partial charge in [-0.1, -0.05) is 48.0 Å². The maximum absolute atomic E-state index is 12.6. The molecule has 0 spiro atoms. The third-order valence-corrected chi connectivity index (χ3v) is 5.21. The number of nitrogens with one attached hydrogen (secondary N) is 2. The Morgan fingerprint density at radius 3 is 2.45 bits per heavy atom. The van der Waals surface area contributed by atoms with Gasteiger partial charge in [-0.2, -0.15) is 0 Å². The average molecular weight is 408 g/mol. The second-order valence-electron chi connectivity index (χ2n) is 6.85. The zero-order valence-electron chi connectivity index (χ0n) is 15.4. The summed E-state index contributed by atoms with van der Waals surface area (Å²) in [6, 6.07) is 19.9. The minimum atomic E-state index is -0.549. The van der Waals surface area contributed by atoms with E-state index in [-0.39, 0.29) is 18.9 Å². The minimum Gasteiger partial charge on any atom is -0.311 e. The van der Waals surface area contributed by atoms with Gasteiger partial charge >= 0.3 is 0 Å². The average Bonchev–Trinajstić information content (AvgIpc) is 3.13. The maximum atomic E-state index is 12.6. The summed E-state index contributed by atoms with van der Waals surface area (Å²) in [5, 5.41) is 2.50. The fraction of sp³-hybridized carbons (Fsp3) is 0.136. The molecule has 4 rings (SSSR count). The number of carbonyl (C=O) groups excluding carboxylic acids is 3. The number of fused-ring (bicyclic) bond motifs is 1. The fourth-order valence-electron chi connectivity index (χ4n) is 3.45. The van der Waals surface area contributed by atoms with Crippen molar-refractivity contribution in [2.24, 2.45) is 5.92 Å². The van der Waals surface area contributed by atoms with Crippen molar-refractivity contribution in [2.75, 3.05) is 11.4 Å².